The maximum absolute atomic E-state index is 12.2. The maximum Gasteiger partial charge on any atom is 0.253 e. The third-order valence-electron chi connectivity index (χ3n) is 3.39. The average molecular weight is 267 g/mol. The average Bonchev–Trinajstić information content (AvgIpc) is 2.32. The number of hydrogen-bond acceptors (Lipinski definition) is 3. The first-order valence-corrected chi connectivity index (χ1v) is 7.78. The minimum absolute atomic E-state index is 0.0730. The van der Waals surface area contributed by atoms with Crippen LogP contribution in [0.3, 0.4) is 0 Å². The molecule has 1 aliphatic heterocycles. The van der Waals surface area contributed by atoms with Gasteiger partial charge >= 0.3 is 0 Å². The number of rotatable bonds is 1. The molecule has 0 N–H and O–H groups in total. The highest BCUT2D eigenvalue weighted by molar-refractivity contribution is 7.91. The van der Waals surface area contributed by atoms with Crippen LogP contribution in [0.5, 0.6) is 0 Å². The Morgan fingerprint density at radius 1 is 1.11 bits per heavy atom. The molecule has 98 valence electrons. The van der Waals surface area contributed by atoms with Crippen LogP contribution in [0.25, 0.3) is 0 Å². The molecular weight excluding hydrogens is 250 g/mol. The van der Waals surface area contributed by atoms with Crippen molar-refractivity contribution in [1.82, 2.24) is 4.90 Å². The standard InChI is InChI=1S/C13H17NO3S/c1-10-3-4-12(9-11(10)2)13(15)14-5-7-18(16,17)8-6-14/h3-4,9H,5-8H2,1-2H3. The molecule has 0 aromatic heterocycles. The van der Waals surface area contributed by atoms with E-state index < -0.39 is 9.84 Å². The Morgan fingerprint density at radius 2 is 1.72 bits per heavy atom. The van der Waals surface area contributed by atoms with Crippen LogP contribution in [0.1, 0.15) is 21.5 Å². The van der Waals surface area contributed by atoms with Crippen molar-refractivity contribution in [1.29, 1.82) is 0 Å². The fraction of sp³-hybridized carbons (Fsp3) is 0.462. The van der Waals surface area contributed by atoms with Crippen LogP contribution in [-0.4, -0.2) is 43.8 Å². The quantitative estimate of drug-likeness (QED) is 0.767. The third kappa shape index (κ3) is 2.72. The Kier molecular flexibility index (Phi) is 3.43. The molecule has 0 aliphatic carbocycles. The molecule has 5 heteroatoms. The van der Waals surface area contributed by atoms with Crippen molar-refractivity contribution in [3.63, 3.8) is 0 Å². The molecule has 1 aromatic rings. The van der Waals surface area contributed by atoms with Crippen molar-refractivity contribution in [2.24, 2.45) is 0 Å². The van der Waals surface area contributed by atoms with Crippen molar-refractivity contribution in [3.05, 3.63) is 34.9 Å². The molecule has 0 atom stereocenters. The lowest BCUT2D eigenvalue weighted by molar-refractivity contribution is 0.0770. The van der Waals surface area contributed by atoms with Gasteiger partial charge in [0.25, 0.3) is 5.91 Å². The van der Waals surface area contributed by atoms with Crippen LogP contribution in [0.4, 0.5) is 0 Å². The number of aryl methyl sites for hydroxylation is 2. The summed E-state index contributed by atoms with van der Waals surface area (Å²) in [4.78, 5) is 13.8. The summed E-state index contributed by atoms with van der Waals surface area (Å²) >= 11 is 0. The summed E-state index contributed by atoms with van der Waals surface area (Å²) in [6.45, 7) is 4.56. The molecule has 1 heterocycles. The van der Waals surface area contributed by atoms with Crippen molar-refractivity contribution in [3.8, 4) is 0 Å². The molecule has 0 bridgehead atoms. The fourth-order valence-corrected chi connectivity index (χ4v) is 3.17. The van der Waals surface area contributed by atoms with Crippen LogP contribution < -0.4 is 0 Å². The molecule has 1 aromatic carbocycles. The van der Waals surface area contributed by atoms with Gasteiger partial charge in [-0.05, 0) is 37.1 Å². The number of carbonyl (C=O) groups excluding carboxylic acids is 1. The lowest BCUT2D eigenvalue weighted by Crippen LogP contribution is -2.43. The van der Waals surface area contributed by atoms with Gasteiger partial charge in [0.1, 0.15) is 0 Å². The molecule has 4 nitrogen and oxygen atoms in total. The topological polar surface area (TPSA) is 54.5 Å². The highest BCUT2D eigenvalue weighted by Gasteiger charge is 2.25. The van der Waals surface area contributed by atoms with Gasteiger partial charge in [0, 0.05) is 18.7 Å². The van der Waals surface area contributed by atoms with Gasteiger partial charge in [-0.25, -0.2) is 8.42 Å². The Balaban J connectivity index is 2.15. The van der Waals surface area contributed by atoms with Gasteiger partial charge in [0.2, 0.25) is 0 Å². The number of carbonyl (C=O) groups is 1. The van der Waals surface area contributed by atoms with E-state index in [4.69, 9.17) is 0 Å². The van der Waals surface area contributed by atoms with Gasteiger partial charge in [0.05, 0.1) is 11.5 Å². The molecule has 1 fully saturated rings. The monoisotopic (exact) mass is 267 g/mol. The molecular formula is C13H17NO3S. The van der Waals surface area contributed by atoms with Crippen molar-refractivity contribution >= 4 is 15.7 Å². The highest BCUT2D eigenvalue weighted by atomic mass is 32.2. The summed E-state index contributed by atoms with van der Waals surface area (Å²) in [5, 5.41) is 0. The number of nitrogens with zero attached hydrogens (tertiary/aromatic N) is 1. The Morgan fingerprint density at radius 3 is 2.28 bits per heavy atom. The third-order valence-corrected chi connectivity index (χ3v) is 4.99. The van der Waals surface area contributed by atoms with E-state index in [1.165, 1.54) is 0 Å². The minimum atomic E-state index is -2.94. The predicted octanol–water partition coefficient (Wildman–Crippen LogP) is 1.17. The molecule has 0 unspecified atom stereocenters. The Hall–Kier alpha value is -1.36. The summed E-state index contributed by atoms with van der Waals surface area (Å²) in [6.07, 6.45) is 0. The highest BCUT2D eigenvalue weighted by Crippen LogP contribution is 2.14. The van der Waals surface area contributed by atoms with Gasteiger partial charge < -0.3 is 4.90 Å². The van der Waals surface area contributed by atoms with E-state index in [1.54, 1.807) is 11.0 Å². The second-order valence-electron chi connectivity index (χ2n) is 4.74. The first-order chi connectivity index (χ1) is 8.39. The lowest BCUT2D eigenvalue weighted by atomic mass is 10.1. The number of benzene rings is 1. The van der Waals surface area contributed by atoms with Gasteiger partial charge in [-0.1, -0.05) is 6.07 Å². The second kappa shape index (κ2) is 4.72. The van der Waals surface area contributed by atoms with Gasteiger partial charge in [0.15, 0.2) is 9.84 Å². The molecule has 2 rings (SSSR count). The zero-order valence-corrected chi connectivity index (χ0v) is 11.5. The molecule has 0 spiro atoms. The summed E-state index contributed by atoms with van der Waals surface area (Å²) in [5.41, 5.74) is 2.86. The number of amides is 1. The SMILES string of the molecule is Cc1ccc(C(=O)N2CCS(=O)(=O)CC2)cc1C. The maximum atomic E-state index is 12.2. The van der Waals surface area contributed by atoms with E-state index >= 15 is 0 Å². The zero-order chi connectivity index (χ0) is 13.3. The number of hydrogen-bond donors (Lipinski definition) is 0. The van der Waals surface area contributed by atoms with E-state index in [-0.39, 0.29) is 17.4 Å². The van der Waals surface area contributed by atoms with Crippen LogP contribution in [0.15, 0.2) is 18.2 Å². The molecule has 1 aliphatic rings. The van der Waals surface area contributed by atoms with E-state index in [1.807, 2.05) is 26.0 Å². The van der Waals surface area contributed by atoms with Gasteiger partial charge in [-0.15, -0.1) is 0 Å². The van der Waals surface area contributed by atoms with E-state index in [0.29, 0.717) is 18.7 Å². The minimum Gasteiger partial charge on any atom is -0.337 e. The first-order valence-electron chi connectivity index (χ1n) is 5.96. The summed E-state index contributed by atoms with van der Waals surface area (Å²) in [7, 11) is -2.94. The van der Waals surface area contributed by atoms with Crippen LogP contribution in [-0.2, 0) is 9.84 Å². The normalized spacial score (nSPS) is 18.7. The Labute approximate surface area is 108 Å². The molecule has 0 radical (unpaired) electrons. The van der Waals surface area contributed by atoms with E-state index in [9.17, 15) is 13.2 Å². The van der Waals surface area contributed by atoms with Crippen molar-refractivity contribution in [2.75, 3.05) is 24.6 Å². The largest absolute Gasteiger partial charge is 0.337 e. The number of sulfone groups is 1. The Bertz CT molecular complexity index is 564. The van der Waals surface area contributed by atoms with E-state index in [0.717, 1.165) is 11.1 Å². The van der Waals surface area contributed by atoms with Crippen LogP contribution in [0.2, 0.25) is 0 Å². The second-order valence-corrected chi connectivity index (χ2v) is 7.05. The molecule has 1 saturated heterocycles. The van der Waals surface area contributed by atoms with Gasteiger partial charge in [-0.3, -0.25) is 4.79 Å². The summed E-state index contributed by atoms with van der Waals surface area (Å²) in [6, 6.07) is 5.58. The smallest absolute Gasteiger partial charge is 0.253 e. The van der Waals surface area contributed by atoms with Gasteiger partial charge in [-0.2, -0.15) is 0 Å². The molecule has 1 amide bonds. The molecule has 18 heavy (non-hydrogen) atoms. The van der Waals surface area contributed by atoms with Crippen LogP contribution in [0, 0.1) is 13.8 Å². The zero-order valence-electron chi connectivity index (χ0n) is 10.6. The predicted molar refractivity (Wildman–Crippen MR) is 70.5 cm³/mol. The summed E-state index contributed by atoms with van der Waals surface area (Å²) < 4.78 is 22.6. The van der Waals surface area contributed by atoms with E-state index in [2.05, 4.69) is 0 Å². The first kappa shape index (κ1) is 13.1. The van der Waals surface area contributed by atoms with Crippen LogP contribution >= 0.6 is 0 Å². The summed E-state index contributed by atoms with van der Waals surface area (Å²) in [5.74, 6) is 0.0701. The fourth-order valence-electron chi connectivity index (χ4n) is 1.97. The van der Waals surface area contributed by atoms with Crippen molar-refractivity contribution in [2.45, 2.75) is 13.8 Å². The molecule has 0 saturated carbocycles. The van der Waals surface area contributed by atoms with Crippen molar-refractivity contribution < 1.29 is 13.2 Å². The lowest BCUT2D eigenvalue weighted by Gasteiger charge is -2.27.